The number of hydrogen-bond acceptors (Lipinski definition) is 3. The average molecular weight is 165 g/mol. The molecule has 3 nitrogen and oxygen atoms in total. The quantitative estimate of drug-likeness (QED) is 0.427. The van der Waals surface area contributed by atoms with Crippen molar-refractivity contribution in [3.05, 3.63) is 0 Å². The maximum absolute atomic E-state index is 10.2. The van der Waals surface area contributed by atoms with Gasteiger partial charge in [-0.1, -0.05) is 0 Å². The summed E-state index contributed by atoms with van der Waals surface area (Å²) in [5.41, 5.74) is 0. The fourth-order valence-corrected chi connectivity index (χ4v) is 1.06. The molecule has 0 spiro atoms. The van der Waals surface area contributed by atoms with Crippen LogP contribution in [0.25, 0.3) is 0 Å². The maximum atomic E-state index is 10.2. The zero-order valence-electron chi connectivity index (χ0n) is 5.83. The summed E-state index contributed by atoms with van der Waals surface area (Å²) in [6.45, 7) is 3.61. The van der Waals surface area contributed by atoms with Gasteiger partial charge in [0.15, 0.2) is 6.29 Å². The van der Waals surface area contributed by atoms with Gasteiger partial charge in [0.1, 0.15) is 0 Å². The molecule has 0 aromatic rings. The van der Waals surface area contributed by atoms with Gasteiger partial charge in [-0.2, -0.15) is 0 Å². The van der Waals surface area contributed by atoms with Gasteiger partial charge in [-0.3, -0.25) is 4.79 Å². The molecule has 10 heavy (non-hydrogen) atoms. The summed E-state index contributed by atoms with van der Waals surface area (Å²) >= 11 is 5.53. The van der Waals surface area contributed by atoms with Crippen molar-refractivity contribution in [1.29, 1.82) is 0 Å². The molecule has 4 heteroatoms. The van der Waals surface area contributed by atoms with Crippen LogP contribution in [-0.4, -0.2) is 23.7 Å². The van der Waals surface area contributed by atoms with E-state index in [0.29, 0.717) is 6.29 Å². The van der Waals surface area contributed by atoms with Crippen LogP contribution in [0, 0.1) is 0 Å². The second-order valence-electron chi connectivity index (χ2n) is 2.35. The Morgan fingerprint density at radius 3 is 2.00 bits per heavy atom. The van der Waals surface area contributed by atoms with Gasteiger partial charge in [0.25, 0.3) is 0 Å². The molecule has 2 unspecified atom stereocenters. The van der Waals surface area contributed by atoms with Gasteiger partial charge in [-0.05, 0) is 25.4 Å². The smallest absolute Gasteiger partial charge is 0.308 e. The van der Waals surface area contributed by atoms with E-state index in [1.54, 1.807) is 13.8 Å². The number of aldehydes is 1. The Labute approximate surface area is 64.3 Å². The fraction of sp³-hybridized carbons (Fsp3) is 0.833. The lowest BCUT2D eigenvalue weighted by molar-refractivity contribution is -0.145. The highest BCUT2D eigenvalue weighted by Gasteiger charge is 2.42. The van der Waals surface area contributed by atoms with Crippen molar-refractivity contribution in [1.82, 2.24) is 0 Å². The number of ether oxygens (including phenoxy) is 2. The number of alkyl halides is 1. The van der Waals surface area contributed by atoms with Crippen LogP contribution >= 0.6 is 11.6 Å². The Morgan fingerprint density at radius 1 is 1.40 bits per heavy atom. The number of carbonyl (C=O) groups excluding carboxylic acids is 1. The van der Waals surface area contributed by atoms with Crippen LogP contribution in [0.1, 0.15) is 13.8 Å². The van der Waals surface area contributed by atoms with E-state index in [9.17, 15) is 4.79 Å². The Kier molecular flexibility index (Phi) is 1.99. The van der Waals surface area contributed by atoms with Gasteiger partial charge < -0.3 is 9.47 Å². The molecule has 1 aliphatic rings. The molecule has 0 aromatic heterocycles. The molecule has 0 aliphatic carbocycles. The van der Waals surface area contributed by atoms with Crippen LogP contribution in [0.2, 0.25) is 0 Å². The average Bonchev–Trinajstić information content (AvgIpc) is 2.10. The summed E-state index contributed by atoms with van der Waals surface area (Å²) in [7, 11) is 0. The third-order valence-electron chi connectivity index (χ3n) is 1.50. The van der Waals surface area contributed by atoms with Crippen LogP contribution < -0.4 is 0 Å². The first-order chi connectivity index (χ1) is 4.57. The molecule has 0 radical (unpaired) electrons. The topological polar surface area (TPSA) is 35.5 Å². The second-order valence-corrected chi connectivity index (χ2v) is 2.87. The lowest BCUT2D eigenvalue weighted by atomic mass is 10.3. The maximum Gasteiger partial charge on any atom is 0.308 e. The van der Waals surface area contributed by atoms with E-state index in [1.807, 2.05) is 0 Å². The second kappa shape index (κ2) is 2.49. The van der Waals surface area contributed by atoms with Crippen molar-refractivity contribution < 1.29 is 14.3 Å². The third-order valence-corrected chi connectivity index (χ3v) is 1.76. The number of carbonyl (C=O) groups is 1. The molecule has 1 aliphatic heterocycles. The monoisotopic (exact) mass is 164 g/mol. The molecular weight excluding hydrogens is 156 g/mol. The van der Waals surface area contributed by atoms with Gasteiger partial charge in [-0.15, -0.1) is 0 Å². The Balaban J connectivity index is 2.63. The summed E-state index contributed by atoms with van der Waals surface area (Å²) in [5, 5.41) is -1.53. The molecule has 1 heterocycles. The van der Waals surface area contributed by atoms with Crippen molar-refractivity contribution in [2.45, 2.75) is 31.3 Å². The molecule has 2 atom stereocenters. The van der Waals surface area contributed by atoms with Crippen LogP contribution in [-0.2, 0) is 14.3 Å². The molecule has 0 aromatic carbocycles. The summed E-state index contributed by atoms with van der Waals surface area (Å²) in [6.07, 6.45) is 0.208. The standard InChI is InChI=1S/C6H9ClO3/c1-4-5(2)10-6(7,3-8)9-4/h3-5H,1-2H3. The van der Waals surface area contributed by atoms with Gasteiger partial charge in [-0.25, -0.2) is 0 Å². The zero-order valence-corrected chi connectivity index (χ0v) is 6.59. The minimum Gasteiger partial charge on any atom is -0.326 e. The predicted octanol–water partition coefficient (Wildman–Crippen LogP) is 0.902. The predicted molar refractivity (Wildman–Crippen MR) is 35.7 cm³/mol. The number of rotatable bonds is 1. The van der Waals surface area contributed by atoms with Crippen molar-refractivity contribution in [2.75, 3.05) is 0 Å². The first-order valence-electron chi connectivity index (χ1n) is 3.08. The highest BCUT2D eigenvalue weighted by molar-refractivity contribution is 6.29. The normalized spacial score (nSPS) is 47.5. The summed E-state index contributed by atoms with van der Waals surface area (Å²) < 4.78 is 9.97. The van der Waals surface area contributed by atoms with Crippen LogP contribution in [0.3, 0.4) is 0 Å². The van der Waals surface area contributed by atoms with Gasteiger partial charge in [0.2, 0.25) is 0 Å². The molecule has 0 N–H and O–H groups in total. The molecule has 0 bridgehead atoms. The Morgan fingerprint density at radius 2 is 1.80 bits per heavy atom. The lowest BCUT2D eigenvalue weighted by Crippen LogP contribution is -2.24. The molecule has 0 amide bonds. The Hall–Kier alpha value is -0.120. The number of hydrogen-bond donors (Lipinski definition) is 0. The zero-order chi connectivity index (χ0) is 7.78. The SMILES string of the molecule is CC1OC(Cl)(C=O)OC1C. The minimum atomic E-state index is -1.53. The summed E-state index contributed by atoms with van der Waals surface area (Å²) in [4.78, 5) is 10.2. The number of halogens is 1. The Bertz CT molecular complexity index is 138. The molecule has 1 fully saturated rings. The highest BCUT2D eigenvalue weighted by Crippen LogP contribution is 2.29. The molecule has 1 saturated heterocycles. The van der Waals surface area contributed by atoms with E-state index in [1.165, 1.54) is 0 Å². The molecule has 58 valence electrons. The van der Waals surface area contributed by atoms with Crippen LogP contribution in [0.4, 0.5) is 0 Å². The highest BCUT2D eigenvalue weighted by atomic mass is 35.5. The van der Waals surface area contributed by atoms with Crippen LogP contribution in [0.15, 0.2) is 0 Å². The molecular formula is C6H9ClO3. The van der Waals surface area contributed by atoms with E-state index in [4.69, 9.17) is 21.1 Å². The first kappa shape index (κ1) is 7.98. The van der Waals surface area contributed by atoms with E-state index >= 15 is 0 Å². The van der Waals surface area contributed by atoms with Crippen molar-refractivity contribution in [2.24, 2.45) is 0 Å². The van der Waals surface area contributed by atoms with Gasteiger partial charge >= 0.3 is 5.25 Å². The van der Waals surface area contributed by atoms with Gasteiger partial charge in [0.05, 0.1) is 12.2 Å². The van der Waals surface area contributed by atoms with E-state index < -0.39 is 5.25 Å². The molecule has 1 rings (SSSR count). The molecule has 0 saturated carbocycles. The van der Waals surface area contributed by atoms with Crippen molar-refractivity contribution >= 4 is 17.9 Å². The van der Waals surface area contributed by atoms with E-state index in [2.05, 4.69) is 0 Å². The summed E-state index contributed by atoms with van der Waals surface area (Å²) in [5.74, 6) is 0. The largest absolute Gasteiger partial charge is 0.326 e. The third kappa shape index (κ3) is 1.31. The summed E-state index contributed by atoms with van der Waals surface area (Å²) in [6, 6.07) is 0. The van der Waals surface area contributed by atoms with Crippen molar-refractivity contribution in [3.8, 4) is 0 Å². The minimum absolute atomic E-state index is 0.123. The fourth-order valence-electron chi connectivity index (χ4n) is 0.782. The first-order valence-corrected chi connectivity index (χ1v) is 3.46. The van der Waals surface area contributed by atoms with E-state index in [0.717, 1.165) is 0 Å². The lowest BCUT2D eigenvalue weighted by Gasteiger charge is -2.10. The van der Waals surface area contributed by atoms with Gasteiger partial charge in [0, 0.05) is 0 Å². The van der Waals surface area contributed by atoms with Crippen LogP contribution in [0.5, 0.6) is 0 Å². The van der Waals surface area contributed by atoms with Crippen molar-refractivity contribution in [3.63, 3.8) is 0 Å². The van der Waals surface area contributed by atoms with E-state index in [-0.39, 0.29) is 12.2 Å².